The first kappa shape index (κ1) is 17.8. The number of piperidine rings is 1. The van der Waals surface area contributed by atoms with E-state index < -0.39 is 0 Å². The van der Waals surface area contributed by atoms with Crippen LogP contribution >= 0.6 is 0 Å². The number of anilines is 1. The smallest absolute Gasteiger partial charge is 0.409 e. The summed E-state index contributed by atoms with van der Waals surface area (Å²) in [6, 6.07) is 3.93. The van der Waals surface area contributed by atoms with E-state index in [0.29, 0.717) is 38.1 Å². The van der Waals surface area contributed by atoms with Gasteiger partial charge in [-0.1, -0.05) is 0 Å². The van der Waals surface area contributed by atoms with Crippen LogP contribution in [0.25, 0.3) is 0 Å². The number of nitrogens with zero attached hydrogens (tertiary/aromatic N) is 2. The number of carbonyl (C=O) groups excluding carboxylic acids is 3. The highest BCUT2D eigenvalue weighted by Gasteiger charge is 2.32. The van der Waals surface area contributed by atoms with E-state index in [1.807, 2.05) is 17.0 Å². The van der Waals surface area contributed by atoms with Gasteiger partial charge in [0.1, 0.15) is 0 Å². The van der Waals surface area contributed by atoms with Gasteiger partial charge in [-0.3, -0.25) is 9.59 Å². The van der Waals surface area contributed by atoms with Gasteiger partial charge in [0.25, 0.3) is 5.91 Å². The van der Waals surface area contributed by atoms with Crippen molar-refractivity contribution in [1.82, 2.24) is 10.2 Å². The van der Waals surface area contributed by atoms with Gasteiger partial charge in [0.05, 0.1) is 12.3 Å². The van der Waals surface area contributed by atoms with Gasteiger partial charge in [-0.2, -0.15) is 0 Å². The quantitative estimate of drug-likeness (QED) is 0.880. The minimum atomic E-state index is -0.279. The highest BCUT2D eigenvalue weighted by atomic mass is 16.6. The van der Waals surface area contributed by atoms with Gasteiger partial charge in [0, 0.05) is 37.7 Å². The molecular weight excluding hydrogens is 346 g/mol. The Morgan fingerprint density at radius 3 is 2.52 bits per heavy atom. The average Bonchev–Trinajstić information content (AvgIpc) is 3.11. The van der Waals surface area contributed by atoms with Crippen LogP contribution < -0.4 is 10.2 Å². The molecule has 1 saturated heterocycles. The first-order valence-electron chi connectivity index (χ1n) is 9.75. The second-order valence-electron chi connectivity index (χ2n) is 7.37. The first-order chi connectivity index (χ1) is 13.1. The second kappa shape index (κ2) is 7.21. The van der Waals surface area contributed by atoms with Crippen LogP contribution in [0.15, 0.2) is 12.1 Å². The highest BCUT2D eigenvalue weighted by molar-refractivity contribution is 6.01. The average molecular weight is 371 g/mol. The van der Waals surface area contributed by atoms with Crippen LogP contribution in [-0.4, -0.2) is 55.1 Å². The molecule has 4 rings (SSSR count). The molecule has 3 aliphatic heterocycles. The lowest BCUT2D eigenvalue weighted by atomic mass is 9.96. The lowest BCUT2D eigenvalue weighted by Gasteiger charge is -2.31. The fourth-order valence-corrected chi connectivity index (χ4v) is 4.28. The molecule has 0 radical (unpaired) electrons. The molecule has 0 saturated carbocycles. The third-order valence-electron chi connectivity index (χ3n) is 5.67. The van der Waals surface area contributed by atoms with Crippen LogP contribution in [0.5, 0.6) is 0 Å². The van der Waals surface area contributed by atoms with E-state index in [1.165, 1.54) is 0 Å². The molecule has 7 heteroatoms. The van der Waals surface area contributed by atoms with Crippen molar-refractivity contribution in [3.05, 3.63) is 28.8 Å². The normalized spacial score (nSPS) is 19.1. The number of rotatable bonds is 3. The van der Waals surface area contributed by atoms with Gasteiger partial charge in [-0.05, 0) is 55.9 Å². The van der Waals surface area contributed by atoms with Crippen molar-refractivity contribution in [2.45, 2.75) is 45.1 Å². The molecule has 27 heavy (non-hydrogen) atoms. The summed E-state index contributed by atoms with van der Waals surface area (Å²) in [6.45, 7) is 4.08. The van der Waals surface area contributed by atoms with Gasteiger partial charge in [-0.15, -0.1) is 0 Å². The first-order valence-corrected chi connectivity index (χ1v) is 9.75. The Labute approximate surface area is 158 Å². The Morgan fingerprint density at radius 2 is 1.81 bits per heavy atom. The summed E-state index contributed by atoms with van der Waals surface area (Å²) in [5, 5.41) is 3.11. The number of likely N-dealkylation sites (tertiary alicyclic amines) is 1. The molecule has 3 heterocycles. The van der Waals surface area contributed by atoms with Crippen LogP contribution in [0.1, 0.15) is 47.7 Å². The maximum atomic E-state index is 12.8. The Bertz CT molecular complexity index is 784. The highest BCUT2D eigenvalue weighted by Crippen LogP contribution is 2.37. The summed E-state index contributed by atoms with van der Waals surface area (Å²) in [4.78, 5) is 40.1. The molecule has 3 amide bonds. The Morgan fingerprint density at radius 1 is 1.11 bits per heavy atom. The number of amides is 3. The zero-order valence-electron chi connectivity index (χ0n) is 15.6. The Balaban J connectivity index is 1.40. The lowest BCUT2D eigenvalue weighted by Crippen LogP contribution is -2.46. The zero-order chi connectivity index (χ0) is 19.0. The van der Waals surface area contributed by atoms with Crippen molar-refractivity contribution < 1.29 is 19.1 Å². The van der Waals surface area contributed by atoms with E-state index in [2.05, 4.69) is 5.32 Å². The SMILES string of the molecule is CCOC(=O)N1CCC(NC(=O)c2cc3c4c(c2)CCN4C(=O)CC3)CC1. The predicted molar refractivity (Wildman–Crippen MR) is 99.9 cm³/mol. The summed E-state index contributed by atoms with van der Waals surface area (Å²) in [6.07, 6.45) is 3.21. The van der Waals surface area contributed by atoms with Crippen LogP contribution in [0.4, 0.5) is 10.5 Å². The number of hydrogen-bond donors (Lipinski definition) is 1. The molecule has 0 aromatic heterocycles. The van der Waals surface area contributed by atoms with Crippen molar-refractivity contribution in [2.24, 2.45) is 0 Å². The second-order valence-corrected chi connectivity index (χ2v) is 7.37. The predicted octanol–water partition coefficient (Wildman–Crippen LogP) is 1.87. The largest absolute Gasteiger partial charge is 0.450 e. The molecule has 0 aliphatic carbocycles. The molecule has 1 N–H and O–H groups in total. The molecule has 1 fully saturated rings. The molecular formula is C20H25N3O4. The summed E-state index contributed by atoms with van der Waals surface area (Å²) in [5.74, 6) is 0.116. The molecule has 1 aromatic carbocycles. The van der Waals surface area contributed by atoms with Crippen molar-refractivity contribution in [3.63, 3.8) is 0 Å². The Kier molecular flexibility index (Phi) is 4.76. The number of carbonyl (C=O) groups is 3. The van der Waals surface area contributed by atoms with E-state index in [1.54, 1.807) is 11.8 Å². The summed E-state index contributed by atoms with van der Waals surface area (Å²) in [5.41, 5.74) is 3.91. The molecule has 144 valence electrons. The van der Waals surface area contributed by atoms with Crippen molar-refractivity contribution >= 4 is 23.6 Å². The topological polar surface area (TPSA) is 79.0 Å². The van der Waals surface area contributed by atoms with Gasteiger partial charge in [0.2, 0.25) is 5.91 Å². The molecule has 1 aromatic rings. The van der Waals surface area contributed by atoms with Crippen molar-refractivity contribution in [3.8, 4) is 0 Å². The minimum absolute atomic E-state index is 0.0610. The van der Waals surface area contributed by atoms with E-state index in [9.17, 15) is 14.4 Å². The fraction of sp³-hybridized carbons (Fsp3) is 0.550. The molecule has 0 spiro atoms. The van der Waals surface area contributed by atoms with Crippen LogP contribution in [0, 0.1) is 0 Å². The molecule has 0 atom stereocenters. The van der Waals surface area contributed by atoms with E-state index in [4.69, 9.17) is 4.74 Å². The summed E-state index contributed by atoms with van der Waals surface area (Å²) >= 11 is 0. The molecule has 3 aliphatic rings. The number of ether oxygens (including phenoxy) is 1. The van der Waals surface area contributed by atoms with Gasteiger partial charge >= 0.3 is 6.09 Å². The van der Waals surface area contributed by atoms with Crippen LogP contribution in [0.2, 0.25) is 0 Å². The van der Waals surface area contributed by atoms with E-state index >= 15 is 0 Å². The summed E-state index contributed by atoms with van der Waals surface area (Å²) < 4.78 is 5.03. The third kappa shape index (κ3) is 3.38. The van der Waals surface area contributed by atoms with E-state index in [0.717, 1.165) is 42.6 Å². The van der Waals surface area contributed by atoms with Gasteiger partial charge in [0.15, 0.2) is 0 Å². The maximum Gasteiger partial charge on any atom is 0.409 e. The minimum Gasteiger partial charge on any atom is -0.450 e. The molecule has 0 unspecified atom stereocenters. The zero-order valence-corrected chi connectivity index (χ0v) is 15.6. The number of nitrogens with one attached hydrogen (secondary N) is 1. The number of aryl methyl sites for hydroxylation is 1. The molecule has 7 nitrogen and oxygen atoms in total. The van der Waals surface area contributed by atoms with E-state index in [-0.39, 0.29) is 23.9 Å². The lowest BCUT2D eigenvalue weighted by molar-refractivity contribution is -0.118. The fourth-order valence-electron chi connectivity index (χ4n) is 4.28. The number of hydrogen-bond acceptors (Lipinski definition) is 4. The molecule has 0 bridgehead atoms. The monoisotopic (exact) mass is 371 g/mol. The van der Waals surface area contributed by atoms with Crippen LogP contribution in [0.3, 0.4) is 0 Å². The van der Waals surface area contributed by atoms with Crippen LogP contribution in [-0.2, 0) is 22.4 Å². The standard InChI is InChI=1S/C20H25N3O4/c1-2-27-20(26)22-8-6-16(7-9-22)21-19(25)15-11-13-3-4-17(24)23-10-5-14(12-15)18(13)23/h11-12,16H,2-10H2,1H3,(H,21,25). The van der Waals surface area contributed by atoms with Crippen molar-refractivity contribution in [2.75, 3.05) is 31.1 Å². The number of benzene rings is 1. The summed E-state index contributed by atoms with van der Waals surface area (Å²) in [7, 11) is 0. The maximum absolute atomic E-state index is 12.8. The van der Waals surface area contributed by atoms with Gasteiger partial charge < -0.3 is 19.9 Å². The Hall–Kier alpha value is -2.57. The third-order valence-corrected chi connectivity index (χ3v) is 5.67. The van der Waals surface area contributed by atoms with Crippen molar-refractivity contribution in [1.29, 1.82) is 0 Å². The van der Waals surface area contributed by atoms with Gasteiger partial charge in [-0.25, -0.2) is 4.79 Å².